The van der Waals surface area contributed by atoms with Gasteiger partial charge in [-0.05, 0) is 53.7 Å². The van der Waals surface area contributed by atoms with Gasteiger partial charge in [-0.25, -0.2) is 4.79 Å². The van der Waals surface area contributed by atoms with Crippen LogP contribution in [0.5, 0.6) is 0 Å². The van der Waals surface area contributed by atoms with Gasteiger partial charge in [0.2, 0.25) is 12.0 Å². The number of hydrogen-bond acceptors (Lipinski definition) is 7. The molecule has 0 saturated carbocycles. The van der Waals surface area contributed by atoms with Gasteiger partial charge in [0, 0.05) is 25.0 Å². The molecule has 0 amide bonds. The Bertz CT molecular complexity index is 1090. The monoisotopic (exact) mass is 508 g/mol. The fourth-order valence-corrected chi connectivity index (χ4v) is 5.09. The van der Waals surface area contributed by atoms with Gasteiger partial charge in [-0.1, -0.05) is 55.1 Å². The normalized spacial score (nSPS) is 19.9. The van der Waals surface area contributed by atoms with Crippen molar-refractivity contribution < 1.29 is 33.6 Å². The molecule has 0 bridgehead atoms. The average molecular weight is 509 g/mol. The molecule has 3 atom stereocenters. The third-order valence-electron chi connectivity index (χ3n) is 6.70. The number of aliphatic hydroxyl groups is 1. The number of carbonyl (C=O) groups excluding carboxylic acids is 1. The highest BCUT2D eigenvalue weighted by Gasteiger charge is 2.40. The first-order valence-electron chi connectivity index (χ1n) is 12.9. The van der Waals surface area contributed by atoms with E-state index in [9.17, 15) is 4.79 Å². The molecule has 0 saturated heterocycles. The van der Waals surface area contributed by atoms with Crippen LogP contribution in [0.3, 0.4) is 0 Å². The number of esters is 1. The lowest BCUT2D eigenvalue weighted by molar-refractivity contribution is -0.176. The van der Waals surface area contributed by atoms with Crippen LogP contribution in [0.15, 0.2) is 67.0 Å². The standard InChI is InChI=1S/C30H36O7/c1-3-14-36-29(32)28-20-27(24-11-7-10-23-22-9-6-5-8-21(22)19-26(23)24)25(30(37-28)35-4-2)12-15-33-17-18-34-16-13-31/h3,5-11,20,25,27,30-31H,1,4,12-19H2,2H3/t25-,27+,30+/m1/s1. The highest BCUT2D eigenvalue weighted by atomic mass is 16.7. The van der Waals surface area contributed by atoms with E-state index in [-0.39, 0.29) is 30.8 Å². The van der Waals surface area contributed by atoms with Gasteiger partial charge in [-0.3, -0.25) is 0 Å². The fraction of sp³-hybridized carbons (Fsp3) is 0.433. The lowest BCUT2D eigenvalue weighted by Crippen LogP contribution is -2.37. The van der Waals surface area contributed by atoms with E-state index in [1.54, 1.807) is 0 Å². The zero-order valence-electron chi connectivity index (χ0n) is 21.4. The van der Waals surface area contributed by atoms with Gasteiger partial charge in [0.05, 0.1) is 26.4 Å². The first-order valence-corrected chi connectivity index (χ1v) is 12.9. The molecule has 0 spiro atoms. The van der Waals surface area contributed by atoms with Crippen LogP contribution in [-0.4, -0.2) is 63.6 Å². The number of hydrogen-bond donors (Lipinski definition) is 1. The Balaban J connectivity index is 1.63. The topological polar surface area (TPSA) is 83.5 Å². The van der Waals surface area contributed by atoms with Crippen LogP contribution in [0, 0.1) is 5.92 Å². The van der Waals surface area contributed by atoms with Crippen molar-refractivity contribution in [2.24, 2.45) is 5.92 Å². The molecular formula is C30H36O7. The van der Waals surface area contributed by atoms with Crippen LogP contribution >= 0.6 is 0 Å². The maximum atomic E-state index is 12.8. The summed E-state index contributed by atoms with van der Waals surface area (Å²) in [5.74, 6) is -0.575. The predicted octanol–water partition coefficient (Wildman–Crippen LogP) is 4.38. The third kappa shape index (κ3) is 6.48. The summed E-state index contributed by atoms with van der Waals surface area (Å²) >= 11 is 0. The Morgan fingerprint density at radius 2 is 1.86 bits per heavy atom. The maximum absolute atomic E-state index is 12.8. The predicted molar refractivity (Wildman–Crippen MR) is 140 cm³/mol. The smallest absolute Gasteiger partial charge is 0.373 e. The van der Waals surface area contributed by atoms with Gasteiger partial charge in [-0.15, -0.1) is 0 Å². The first kappa shape index (κ1) is 27.1. The van der Waals surface area contributed by atoms with Crippen LogP contribution < -0.4 is 0 Å². The summed E-state index contributed by atoms with van der Waals surface area (Å²) < 4.78 is 28.5. The summed E-state index contributed by atoms with van der Waals surface area (Å²) in [7, 11) is 0. The van der Waals surface area contributed by atoms with E-state index < -0.39 is 12.3 Å². The quantitative estimate of drug-likeness (QED) is 0.197. The van der Waals surface area contributed by atoms with Crippen LogP contribution in [0.4, 0.5) is 0 Å². The lowest BCUT2D eigenvalue weighted by Gasteiger charge is -2.37. The number of allylic oxidation sites excluding steroid dienone is 1. The Kier molecular flexibility index (Phi) is 9.91. The van der Waals surface area contributed by atoms with Crippen molar-refractivity contribution in [2.45, 2.75) is 32.0 Å². The van der Waals surface area contributed by atoms with Gasteiger partial charge in [-0.2, -0.15) is 0 Å². The van der Waals surface area contributed by atoms with Crippen molar-refractivity contribution in [3.63, 3.8) is 0 Å². The largest absolute Gasteiger partial charge is 0.457 e. The fourth-order valence-electron chi connectivity index (χ4n) is 5.09. The van der Waals surface area contributed by atoms with E-state index in [0.29, 0.717) is 39.5 Å². The number of ether oxygens (including phenoxy) is 5. The molecule has 2 aliphatic rings. The number of aliphatic hydroxyl groups excluding tert-OH is 1. The lowest BCUT2D eigenvalue weighted by atomic mass is 9.78. The first-order chi connectivity index (χ1) is 18.2. The van der Waals surface area contributed by atoms with E-state index >= 15 is 0 Å². The molecule has 37 heavy (non-hydrogen) atoms. The van der Waals surface area contributed by atoms with Crippen LogP contribution in [0.25, 0.3) is 11.1 Å². The molecule has 1 heterocycles. The van der Waals surface area contributed by atoms with E-state index in [1.165, 1.54) is 28.3 Å². The molecule has 1 N–H and O–H groups in total. The summed E-state index contributed by atoms with van der Waals surface area (Å²) in [5.41, 5.74) is 6.21. The maximum Gasteiger partial charge on any atom is 0.373 e. The van der Waals surface area contributed by atoms with Crippen molar-refractivity contribution in [3.8, 4) is 11.1 Å². The highest BCUT2D eigenvalue weighted by molar-refractivity contribution is 5.87. The molecule has 7 heteroatoms. The summed E-state index contributed by atoms with van der Waals surface area (Å²) in [6.45, 7) is 7.71. The molecule has 1 aliphatic heterocycles. The molecule has 198 valence electrons. The van der Waals surface area contributed by atoms with Gasteiger partial charge in [0.15, 0.2) is 0 Å². The molecule has 1 aliphatic carbocycles. The Hall–Kier alpha value is -2.97. The summed E-state index contributed by atoms with van der Waals surface area (Å²) in [5, 5.41) is 8.85. The molecular weight excluding hydrogens is 472 g/mol. The van der Waals surface area contributed by atoms with Gasteiger partial charge >= 0.3 is 5.97 Å². The second-order valence-corrected chi connectivity index (χ2v) is 8.99. The zero-order chi connectivity index (χ0) is 26.0. The minimum Gasteiger partial charge on any atom is -0.457 e. The number of benzene rings is 2. The molecule has 7 nitrogen and oxygen atoms in total. The summed E-state index contributed by atoms with van der Waals surface area (Å²) in [4.78, 5) is 12.8. The van der Waals surface area contributed by atoms with Crippen LogP contribution in [0.1, 0.15) is 36.0 Å². The van der Waals surface area contributed by atoms with Crippen molar-refractivity contribution in [3.05, 3.63) is 83.6 Å². The summed E-state index contributed by atoms with van der Waals surface area (Å²) in [6.07, 6.45) is 4.30. The second-order valence-electron chi connectivity index (χ2n) is 8.99. The summed E-state index contributed by atoms with van der Waals surface area (Å²) in [6, 6.07) is 14.9. The average Bonchev–Trinajstić information content (AvgIpc) is 3.30. The van der Waals surface area contributed by atoms with E-state index in [1.807, 2.05) is 13.0 Å². The van der Waals surface area contributed by atoms with Gasteiger partial charge in [0.25, 0.3) is 0 Å². The third-order valence-corrected chi connectivity index (χ3v) is 6.70. The zero-order valence-corrected chi connectivity index (χ0v) is 21.4. The molecule has 2 aromatic rings. The van der Waals surface area contributed by atoms with E-state index in [4.69, 9.17) is 28.8 Å². The molecule has 0 fully saturated rings. The van der Waals surface area contributed by atoms with E-state index in [0.717, 1.165) is 12.0 Å². The molecule has 0 unspecified atom stereocenters. The number of rotatable bonds is 14. The minimum atomic E-state index is -0.625. The van der Waals surface area contributed by atoms with Crippen molar-refractivity contribution in [2.75, 3.05) is 46.2 Å². The SMILES string of the molecule is C=CCOC(=O)C1=C[C@@H](c2cccc3c2Cc2ccccc2-3)[C@@H](CCOCCOCCO)[C@@H](OCC)O1. The minimum absolute atomic E-state index is 0.00764. The van der Waals surface area contributed by atoms with Crippen molar-refractivity contribution in [1.82, 2.24) is 0 Å². The molecule has 0 aromatic heterocycles. The van der Waals surface area contributed by atoms with Crippen molar-refractivity contribution in [1.29, 1.82) is 0 Å². The van der Waals surface area contributed by atoms with Gasteiger partial charge in [0.1, 0.15) is 6.61 Å². The Labute approximate surface area is 218 Å². The van der Waals surface area contributed by atoms with Gasteiger partial charge < -0.3 is 28.8 Å². The number of fused-ring (bicyclic) bond motifs is 3. The second kappa shape index (κ2) is 13.5. The Morgan fingerprint density at radius 3 is 2.65 bits per heavy atom. The molecule has 0 radical (unpaired) electrons. The number of carbonyl (C=O) groups is 1. The van der Waals surface area contributed by atoms with Crippen LogP contribution in [0.2, 0.25) is 0 Å². The van der Waals surface area contributed by atoms with Crippen LogP contribution in [-0.2, 0) is 34.9 Å². The van der Waals surface area contributed by atoms with Crippen molar-refractivity contribution >= 4 is 5.97 Å². The Morgan fingerprint density at radius 1 is 1.08 bits per heavy atom. The molecule has 2 aromatic carbocycles. The highest BCUT2D eigenvalue weighted by Crippen LogP contribution is 2.45. The molecule has 4 rings (SSSR count). The van der Waals surface area contributed by atoms with E-state index in [2.05, 4.69) is 49.0 Å².